The monoisotopic (exact) mass is 447 g/mol. The van der Waals surface area contributed by atoms with Crippen molar-refractivity contribution in [3.63, 3.8) is 0 Å². The van der Waals surface area contributed by atoms with E-state index in [0.717, 1.165) is 0 Å². The van der Waals surface area contributed by atoms with Gasteiger partial charge < -0.3 is 24.3 Å². The first-order chi connectivity index (χ1) is 15.9. The third-order valence-electron chi connectivity index (χ3n) is 6.57. The van der Waals surface area contributed by atoms with Crippen LogP contribution in [0.4, 0.5) is 0 Å². The molecule has 168 valence electrons. The molecule has 2 aromatic carbocycles. The summed E-state index contributed by atoms with van der Waals surface area (Å²) in [7, 11) is 2.91. The third kappa shape index (κ3) is 2.87. The molecule has 1 saturated carbocycles. The Kier molecular flexibility index (Phi) is 4.74. The molecule has 1 aliphatic carbocycles. The first-order valence-electron chi connectivity index (χ1n) is 10.4. The van der Waals surface area contributed by atoms with Gasteiger partial charge in [0.2, 0.25) is 0 Å². The summed E-state index contributed by atoms with van der Waals surface area (Å²) in [4.78, 5) is 41.3. The Morgan fingerprint density at radius 2 is 1.73 bits per heavy atom. The smallest absolute Gasteiger partial charge is 0.314 e. The first-order valence-corrected chi connectivity index (χ1v) is 10.4. The largest absolute Gasteiger partial charge is 0.497 e. The molecule has 1 aromatic heterocycles. The Morgan fingerprint density at radius 3 is 2.33 bits per heavy atom. The van der Waals surface area contributed by atoms with Gasteiger partial charge in [-0.3, -0.25) is 14.4 Å². The Morgan fingerprint density at radius 1 is 1.03 bits per heavy atom. The summed E-state index contributed by atoms with van der Waals surface area (Å²) in [6.45, 7) is 0. The average Bonchev–Trinajstić information content (AvgIpc) is 3.29. The molecule has 4 atom stereocenters. The Labute approximate surface area is 188 Å². The number of carboxylic acids is 1. The number of fused-ring (bicyclic) bond motifs is 3. The maximum absolute atomic E-state index is 13.7. The van der Waals surface area contributed by atoms with E-state index in [-0.39, 0.29) is 17.2 Å². The lowest BCUT2D eigenvalue weighted by Gasteiger charge is -2.36. The topological polar surface area (TPSA) is 115 Å². The zero-order chi connectivity index (χ0) is 23.3. The number of ketones is 1. The van der Waals surface area contributed by atoms with Gasteiger partial charge in [-0.1, -0.05) is 42.5 Å². The number of ether oxygens (including phenoxy) is 3. The summed E-state index contributed by atoms with van der Waals surface area (Å²) in [5.74, 6) is -4.06. The molecule has 8 nitrogen and oxygen atoms in total. The van der Waals surface area contributed by atoms with Crippen molar-refractivity contribution in [1.82, 2.24) is 4.98 Å². The molecular formula is C25H21NO7. The van der Waals surface area contributed by atoms with Gasteiger partial charge in [-0.15, -0.1) is 0 Å². The van der Waals surface area contributed by atoms with Crippen LogP contribution in [0.25, 0.3) is 0 Å². The van der Waals surface area contributed by atoms with E-state index in [1.807, 2.05) is 6.07 Å². The van der Waals surface area contributed by atoms with Gasteiger partial charge in [0.25, 0.3) is 5.56 Å². The number of methoxy groups -OCH3 is 2. The van der Waals surface area contributed by atoms with E-state index >= 15 is 0 Å². The van der Waals surface area contributed by atoms with Crippen molar-refractivity contribution in [2.24, 2.45) is 5.92 Å². The third-order valence-corrected chi connectivity index (χ3v) is 6.57. The Hall–Kier alpha value is -4.07. The number of Topliss-reactive ketones (excluding diaryl/α,β-unsaturated/α-hetero) is 1. The van der Waals surface area contributed by atoms with Gasteiger partial charge in [0.15, 0.2) is 17.1 Å². The zero-order valence-corrected chi connectivity index (χ0v) is 17.9. The van der Waals surface area contributed by atoms with Crippen molar-refractivity contribution in [2.75, 3.05) is 14.2 Å². The maximum atomic E-state index is 13.7. The van der Waals surface area contributed by atoms with Crippen LogP contribution in [0, 0.1) is 5.92 Å². The molecule has 2 N–H and O–H groups in total. The number of carbonyl (C=O) groups excluding carboxylic acids is 1. The molecule has 2 aliphatic rings. The van der Waals surface area contributed by atoms with Gasteiger partial charge in [-0.2, -0.15) is 0 Å². The van der Waals surface area contributed by atoms with Crippen LogP contribution in [-0.2, 0) is 15.2 Å². The van der Waals surface area contributed by atoms with Crippen LogP contribution in [-0.4, -0.2) is 36.1 Å². The molecule has 0 saturated heterocycles. The molecular weight excluding hydrogens is 426 g/mol. The normalized spacial score (nSPS) is 25.2. The maximum Gasteiger partial charge on any atom is 0.314 e. The van der Waals surface area contributed by atoms with Gasteiger partial charge in [-0.25, -0.2) is 0 Å². The van der Waals surface area contributed by atoms with Crippen LogP contribution in [0.5, 0.6) is 17.2 Å². The minimum absolute atomic E-state index is 0.0390. The average molecular weight is 447 g/mol. The lowest BCUT2D eigenvalue weighted by molar-refractivity contribution is -0.146. The molecule has 0 radical (unpaired) electrons. The number of carbonyl (C=O) groups is 2. The fourth-order valence-electron chi connectivity index (χ4n) is 5.22. The lowest BCUT2D eigenvalue weighted by atomic mass is 9.73. The van der Waals surface area contributed by atoms with Crippen LogP contribution >= 0.6 is 0 Å². The number of rotatable bonds is 5. The lowest BCUT2D eigenvalue weighted by Crippen LogP contribution is -2.39. The molecule has 33 heavy (non-hydrogen) atoms. The van der Waals surface area contributed by atoms with E-state index in [1.54, 1.807) is 55.6 Å². The summed E-state index contributed by atoms with van der Waals surface area (Å²) >= 11 is 0. The highest BCUT2D eigenvalue weighted by atomic mass is 16.5. The standard InChI is InChI=1S/C25H21NO7/c1-31-15-10-8-14(9-11-15)25-19(13-6-4-3-5-7-13)18(24(29)30)22(27)20(25)21-16(33-25)12-17(32-2)23(28)26-21/h3-12,18-20H,1-2H3,(H,26,28)(H,29,30). The molecule has 5 rings (SSSR count). The second-order valence-corrected chi connectivity index (χ2v) is 8.11. The van der Waals surface area contributed by atoms with Crippen molar-refractivity contribution < 1.29 is 28.9 Å². The summed E-state index contributed by atoms with van der Waals surface area (Å²) in [5.41, 5.74) is -0.390. The molecule has 1 aliphatic heterocycles. The van der Waals surface area contributed by atoms with Crippen LogP contribution in [0.15, 0.2) is 65.5 Å². The number of carboxylic acid groups (broad SMARTS) is 1. The Balaban J connectivity index is 1.82. The van der Waals surface area contributed by atoms with E-state index in [9.17, 15) is 19.5 Å². The highest BCUT2D eigenvalue weighted by molar-refractivity contribution is 6.07. The fourth-order valence-corrected chi connectivity index (χ4v) is 5.22. The van der Waals surface area contributed by atoms with Gasteiger partial charge in [0.05, 0.1) is 19.9 Å². The van der Waals surface area contributed by atoms with Crippen molar-refractivity contribution in [3.05, 3.63) is 87.8 Å². The van der Waals surface area contributed by atoms with Crippen LogP contribution in [0.3, 0.4) is 0 Å². The number of aromatic nitrogens is 1. The molecule has 3 aromatic rings. The van der Waals surface area contributed by atoms with Gasteiger partial charge in [0.1, 0.15) is 23.3 Å². The van der Waals surface area contributed by atoms with E-state index in [0.29, 0.717) is 16.9 Å². The summed E-state index contributed by atoms with van der Waals surface area (Å²) in [5, 5.41) is 10.1. The van der Waals surface area contributed by atoms with Crippen LogP contribution in [0.1, 0.15) is 28.7 Å². The minimum atomic E-state index is -1.38. The minimum Gasteiger partial charge on any atom is -0.497 e. The highest BCUT2D eigenvalue weighted by Gasteiger charge is 2.69. The summed E-state index contributed by atoms with van der Waals surface area (Å²) in [6.07, 6.45) is 0. The quantitative estimate of drug-likeness (QED) is 0.578. The van der Waals surface area contributed by atoms with Gasteiger partial charge in [-0.05, 0) is 23.3 Å². The molecule has 8 heteroatoms. The molecule has 4 unspecified atom stereocenters. The number of hydrogen-bond acceptors (Lipinski definition) is 6. The first kappa shape index (κ1) is 20.8. The SMILES string of the molecule is COc1ccc(C23Oc4cc(OC)c(=O)[nH]c4C2C(=O)C(C(=O)O)C3c2ccccc2)cc1. The summed E-state index contributed by atoms with van der Waals surface area (Å²) in [6, 6.07) is 17.4. The van der Waals surface area contributed by atoms with E-state index < -0.39 is 40.7 Å². The van der Waals surface area contributed by atoms with E-state index in [1.165, 1.54) is 13.2 Å². The van der Waals surface area contributed by atoms with Crippen molar-refractivity contribution >= 4 is 11.8 Å². The molecule has 0 spiro atoms. The number of pyridine rings is 1. The van der Waals surface area contributed by atoms with E-state index in [4.69, 9.17) is 14.2 Å². The highest BCUT2D eigenvalue weighted by Crippen LogP contribution is 2.64. The number of nitrogens with one attached hydrogen (secondary N) is 1. The van der Waals surface area contributed by atoms with Crippen LogP contribution in [0.2, 0.25) is 0 Å². The number of benzene rings is 2. The zero-order valence-electron chi connectivity index (χ0n) is 17.9. The predicted octanol–water partition coefficient (Wildman–Crippen LogP) is 2.83. The number of aromatic amines is 1. The number of hydrogen-bond donors (Lipinski definition) is 2. The fraction of sp³-hybridized carbons (Fsp3) is 0.240. The van der Waals surface area contributed by atoms with E-state index in [2.05, 4.69) is 4.98 Å². The molecule has 2 heterocycles. The van der Waals surface area contributed by atoms with Gasteiger partial charge in [0, 0.05) is 12.0 Å². The summed E-state index contributed by atoms with van der Waals surface area (Å²) < 4.78 is 16.9. The molecule has 1 fully saturated rings. The van der Waals surface area contributed by atoms with Crippen molar-refractivity contribution in [3.8, 4) is 17.2 Å². The second-order valence-electron chi connectivity index (χ2n) is 8.11. The Bertz CT molecular complexity index is 1300. The second kappa shape index (κ2) is 7.51. The van der Waals surface area contributed by atoms with Gasteiger partial charge >= 0.3 is 5.97 Å². The number of H-pyrrole nitrogens is 1. The number of aliphatic carboxylic acids is 1. The van der Waals surface area contributed by atoms with Crippen molar-refractivity contribution in [2.45, 2.75) is 17.4 Å². The molecule has 0 bridgehead atoms. The van der Waals surface area contributed by atoms with Crippen molar-refractivity contribution in [1.29, 1.82) is 0 Å². The van der Waals surface area contributed by atoms with Crippen LogP contribution < -0.4 is 19.8 Å². The predicted molar refractivity (Wildman–Crippen MR) is 117 cm³/mol. The molecule has 0 amide bonds.